The molecule has 1 N–H and O–H groups in total. The topological polar surface area (TPSA) is 29.1 Å². The molecule has 0 bridgehead atoms. The van der Waals surface area contributed by atoms with Gasteiger partial charge < -0.3 is 5.32 Å². The third-order valence-electron chi connectivity index (χ3n) is 3.79. The number of benzene rings is 1. The van der Waals surface area contributed by atoms with Gasteiger partial charge in [-0.3, -0.25) is 4.79 Å². The first kappa shape index (κ1) is 14.1. The van der Waals surface area contributed by atoms with Crippen LogP contribution in [0.2, 0.25) is 0 Å². The number of halogens is 1. The van der Waals surface area contributed by atoms with Gasteiger partial charge in [-0.15, -0.1) is 11.3 Å². The zero-order valence-electron chi connectivity index (χ0n) is 11.3. The molecule has 2 aromatic rings. The lowest BCUT2D eigenvalue weighted by Gasteiger charge is -2.24. The Hall–Kier alpha value is -0.880. The minimum atomic E-state index is 0.0437. The maximum Gasteiger partial charge on any atom is 0.252 e. The summed E-state index contributed by atoms with van der Waals surface area (Å²) in [5.74, 6) is 0.0437. The van der Waals surface area contributed by atoms with Crippen LogP contribution in [0.25, 0.3) is 0 Å². The number of rotatable bonds is 2. The zero-order valence-corrected chi connectivity index (χ0v) is 14.3. The van der Waals surface area contributed by atoms with E-state index in [0.29, 0.717) is 0 Å². The van der Waals surface area contributed by atoms with Crippen LogP contribution < -0.4 is 5.32 Å². The molecule has 0 saturated carbocycles. The van der Waals surface area contributed by atoms with Crippen LogP contribution in [0.3, 0.4) is 0 Å². The molecule has 0 fully saturated rings. The number of fused-ring (bicyclic) bond motifs is 1. The molecule has 2 nitrogen and oxygen atoms in total. The summed E-state index contributed by atoms with van der Waals surface area (Å²) in [4.78, 5) is 13.9. The van der Waals surface area contributed by atoms with Crippen LogP contribution in [-0.4, -0.2) is 5.91 Å². The average Bonchev–Trinajstić information content (AvgIpc) is 2.91. The highest BCUT2D eigenvalue weighted by Crippen LogP contribution is 2.33. The van der Waals surface area contributed by atoms with Crippen LogP contribution in [0, 0.1) is 10.5 Å². The standard InChI is InChI=1S/C16H16INOS/c1-10-4-2-5-12(15(10)17)16(19)18-13-6-3-7-14-11(13)8-9-20-14/h2,4-5,8-9,13H,3,6-7H2,1H3,(H,18,19). The largest absolute Gasteiger partial charge is 0.345 e. The molecule has 3 rings (SSSR count). The third kappa shape index (κ3) is 2.63. The minimum Gasteiger partial charge on any atom is -0.345 e. The van der Waals surface area contributed by atoms with Crippen molar-refractivity contribution in [3.8, 4) is 0 Å². The number of hydrogen-bond acceptors (Lipinski definition) is 2. The predicted molar refractivity (Wildman–Crippen MR) is 91.4 cm³/mol. The number of thiophene rings is 1. The summed E-state index contributed by atoms with van der Waals surface area (Å²) in [6, 6.07) is 8.22. The van der Waals surface area contributed by atoms with Gasteiger partial charge in [0.1, 0.15) is 0 Å². The van der Waals surface area contributed by atoms with Gasteiger partial charge in [-0.05, 0) is 77.4 Å². The maximum absolute atomic E-state index is 12.5. The van der Waals surface area contributed by atoms with E-state index in [1.54, 1.807) is 11.3 Å². The second-order valence-electron chi connectivity index (χ2n) is 5.15. The Morgan fingerprint density at radius 2 is 2.25 bits per heavy atom. The Morgan fingerprint density at radius 1 is 1.40 bits per heavy atom. The monoisotopic (exact) mass is 397 g/mol. The molecule has 0 radical (unpaired) electrons. The van der Waals surface area contributed by atoms with E-state index in [1.807, 2.05) is 25.1 Å². The molecule has 0 spiro atoms. The number of carbonyl (C=O) groups is 1. The van der Waals surface area contributed by atoms with E-state index in [9.17, 15) is 4.79 Å². The highest BCUT2D eigenvalue weighted by molar-refractivity contribution is 14.1. The van der Waals surface area contributed by atoms with Crippen molar-refractivity contribution in [3.63, 3.8) is 0 Å². The fraction of sp³-hybridized carbons (Fsp3) is 0.312. The van der Waals surface area contributed by atoms with E-state index in [1.165, 1.54) is 10.4 Å². The Labute approximate surface area is 136 Å². The lowest BCUT2D eigenvalue weighted by atomic mass is 9.94. The maximum atomic E-state index is 12.5. The molecule has 1 aromatic heterocycles. The first-order valence-electron chi connectivity index (χ1n) is 6.79. The molecule has 1 unspecified atom stereocenters. The summed E-state index contributed by atoms with van der Waals surface area (Å²) in [6.45, 7) is 2.04. The summed E-state index contributed by atoms with van der Waals surface area (Å²) in [6.07, 6.45) is 3.35. The molecule has 1 aromatic carbocycles. The van der Waals surface area contributed by atoms with Crippen molar-refractivity contribution in [2.24, 2.45) is 0 Å². The van der Waals surface area contributed by atoms with Crippen molar-refractivity contribution in [1.82, 2.24) is 5.32 Å². The number of amides is 1. The molecule has 104 valence electrons. The van der Waals surface area contributed by atoms with Gasteiger partial charge in [0.2, 0.25) is 0 Å². The molecular weight excluding hydrogens is 381 g/mol. The van der Waals surface area contributed by atoms with Crippen LogP contribution in [-0.2, 0) is 6.42 Å². The van der Waals surface area contributed by atoms with E-state index in [2.05, 4.69) is 39.4 Å². The molecule has 1 amide bonds. The van der Waals surface area contributed by atoms with Gasteiger partial charge in [-0.2, -0.15) is 0 Å². The van der Waals surface area contributed by atoms with Gasteiger partial charge in [-0.25, -0.2) is 0 Å². The van der Waals surface area contributed by atoms with Crippen molar-refractivity contribution < 1.29 is 4.79 Å². The van der Waals surface area contributed by atoms with E-state index in [0.717, 1.165) is 34.0 Å². The Kier molecular flexibility index (Phi) is 4.12. The quantitative estimate of drug-likeness (QED) is 0.745. The van der Waals surface area contributed by atoms with Gasteiger partial charge in [-0.1, -0.05) is 12.1 Å². The number of nitrogens with one attached hydrogen (secondary N) is 1. The van der Waals surface area contributed by atoms with Crippen molar-refractivity contribution in [1.29, 1.82) is 0 Å². The SMILES string of the molecule is Cc1cccc(C(=O)NC2CCCc3sccc32)c1I. The molecule has 1 atom stereocenters. The van der Waals surface area contributed by atoms with Crippen LogP contribution in [0.1, 0.15) is 45.2 Å². The summed E-state index contributed by atoms with van der Waals surface area (Å²) in [5, 5.41) is 5.34. The van der Waals surface area contributed by atoms with E-state index in [-0.39, 0.29) is 11.9 Å². The second-order valence-corrected chi connectivity index (χ2v) is 7.23. The first-order chi connectivity index (χ1) is 9.66. The smallest absolute Gasteiger partial charge is 0.252 e. The summed E-state index contributed by atoms with van der Waals surface area (Å²) < 4.78 is 1.05. The zero-order chi connectivity index (χ0) is 14.1. The minimum absolute atomic E-state index is 0.0437. The summed E-state index contributed by atoms with van der Waals surface area (Å²) in [7, 11) is 0. The highest BCUT2D eigenvalue weighted by atomic mass is 127. The molecule has 20 heavy (non-hydrogen) atoms. The Bertz CT molecular complexity index is 650. The first-order valence-corrected chi connectivity index (χ1v) is 8.75. The molecule has 0 saturated heterocycles. The molecule has 4 heteroatoms. The fourth-order valence-corrected chi connectivity index (χ4v) is 4.29. The number of aryl methyl sites for hydroxylation is 2. The number of hydrogen-bond donors (Lipinski definition) is 1. The van der Waals surface area contributed by atoms with Crippen molar-refractivity contribution >= 4 is 39.8 Å². The van der Waals surface area contributed by atoms with Crippen molar-refractivity contribution in [2.45, 2.75) is 32.2 Å². The molecule has 1 aliphatic rings. The Balaban J connectivity index is 1.83. The third-order valence-corrected chi connectivity index (χ3v) is 6.22. The molecular formula is C16H16INOS. The van der Waals surface area contributed by atoms with E-state index < -0.39 is 0 Å². The van der Waals surface area contributed by atoms with Gasteiger partial charge in [0, 0.05) is 8.45 Å². The second kappa shape index (κ2) is 5.85. The van der Waals surface area contributed by atoms with Crippen LogP contribution in [0.5, 0.6) is 0 Å². The van der Waals surface area contributed by atoms with Crippen LogP contribution >= 0.6 is 33.9 Å². The molecule has 1 heterocycles. The Morgan fingerprint density at radius 3 is 3.10 bits per heavy atom. The van der Waals surface area contributed by atoms with Gasteiger partial charge >= 0.3 is 0 Å². The molecule has 0 aliphatic heterocycles. The molecule has 1 aliphatic carbocycles. The van der Waals surface area contributed by atoms with Crippen molar-refractivity contribution in [3.05, 3.63) is 54.8 Å². The fourth-order valence-electron chi connectivity index (χ4n) is 2.70. The lowest BCUT2D eigenvalue weighted by Crippen LogP contribution is -2.31. The normalized spacial score (nSPS) is 17.6. The highest BCUT2D eigenvalue weighted by Gasteiger charge is 2.23. The average molecular weight is 397 g/mol. The van der Waals surface area contributed by atoms with Gasteiger partial charge in [0.05, 0.1) is 11.6 Å². The van der Waals surface area contributed by atoms with E-state index >= 15 is 0 Å². The summed E-state index contributed by atoms with van der Waals surface area (Å²) in [5.41, 5.74) is 3.25. The van der Waals surface area contributed by atoms with Crippen LogP contribution in [0.4, 0.5) is 0 Å². The summed E-state index contributed by atoms with van der Waals surface area (Å²) >= 11 is 4.06. The predicted octanol–water partition coefficient (Wildman–Crippen LogP) is 4.47. The van der Waals surface area contributed by atoms with E-state index in [4.69, 9.17) is 0 Å². The number of carbonyl (C=O) groups excluding carboxylic acids is 1. The van der Waals surface area contributed by atoms with Crippen molar-refractivity contribution in [2.75, 3.05) is 0 Å². The van der Waals surface area contributed by atoms with Gasteiger partial charge in [0.25, 0.3) is 5.91 Å². The van der Waals surface area contributed by atoms with Crippen LogP contribution in [0.15, 0.2) is 29.6 Å². The van der Waals surface area contributed by atoms with Gasteiger partial charge in [0.15, 0.2) is 0 Å². The lowest BCUT2D eigenvalue weighted by molar-refractivity contribution is 0.0932.